The van der Waals surface area contributed by atoms with Gasteiger partial charge in [0.05, 0.1) is 11.0 Å². The first kappa shape index (κ1) is 15.7. The van der Waals surface area contributed by atoms with Crippen molar-refractivity contribution >= 4 is 17.3 Å². The minimum absolute atomic E-state index is 0.0168. The number of benzene rings is 1. The molecule has 20 heavy (non-hydrogen) atoms. The third-order valence-corrected chi connectivity index (χ3v) is 2.43. The van der Waals surface area contributed by atoms with Crippen LogP contribution in [0.1, 0.15) is 26.7 Å². The second-order valence-electron chi connectivity index (χ2n) is 4.50. The van der Waals surface area contributed by atoms with Crippen molar-refractivity contribution in [3.05, 3.63) is 28.3 Å². The van der Waals surface area contributed by atoms with Crippen molar-refractivity contribution in [2.45, 2.75) is 32.8 Å². The zero-order valence-electron chi connectivity index (χ0n) is 11.5. The van der Waals surface area contributed by atoms with E-state index in [1.807, 2.05) is 0 Å². The van der Waals surface area contributed by atoms with Gasteiger partial charge in [0.1, 0.15) is 5.69 Å². The van der Waals surface area contributed by atoms with E-state index in [0.717, 1.165) is 0 Å². The van der Waals surface area contributed by atoms with Crippen LogP contribution in [0.3, 0.4) is 0 Å². The molecular weight excluding hydrogens is 264 g/mol. The fourth-order valence-corrected chi connectivity index (χ4v) is 1.67. The molecule has 0 heterocycles. The van der Waals surface area contributed by atoms with E-state index in [4.69, 9.17) is 9.84 Å². The number of rotatable bonds is 8. The number of nitro benzene ring substituents is 1. The van der Waals surface area contributed by atoms with Crippen molar-refractivity contribution in [2.24, 2.45) is 0 Å². The number of carboxylic acid groups (broad SMARTS) is 1. The average molecular weight is 282 g/mol. The molecule has 0 fully saturated rings. The van der Waals surface area contributed by atoms with Gasteiger partial charge in [-0.05, 0) is 32.4 Å². The fourth-order valence-electron chi connectivity index (χ4n) is 1.67. The number of nitrogens with zero attached hydrogens (tertiary/aromatic N) is 1. The molecule has 1 rings (SSSR count). The highest BCUT2D eigenvalue weighted by molar-refractivity contribution is 5.69. The standard InChI is InChI=1S/C13H18N2O5/c1-9(2)20-11-6-3-5-10(13(11)15(18)19)14-8-4-7-12(16)17/h3,5-6,9,14H,4,7-8H2,1-2H3,(H,16,17). The molecule has 0 spiro atoms. The van der Waals surface area contributed by atoms with E-state index in [1.165, 1.54) is 0 Å². The first-order chi connectivity index (χ1) is 9.41. The highest BCUT2D eigenvalue weighted by Crippen LogP contribution is 2.35. The number of anilines is 1. The minimum atomic E-state index is -0.891. The first-order valence-electron chi connectivity index (χ1n) is 6.31. The molecule has 110 valence electrons. The van der Waals surface area contributed by atoms with Gasteiger partial charge in [-0.15, -0.1) is 0 Å². The molecule has 1 aromatic rings. The van der Waals surface area contributed by atoms with Crippen molar-refractivity contribution in [3.8, 4) is 5.75 Å². The fraction of sp³-hybridized carbons (Fsp3) is 0.462. The summed E-state index contributed by atoms with van der Waals surface area (Å²) in [6.45, 7) is 3.92. The summed E-state index contributed by atoms with van der Waals surface area (Å²) >= 11 is 0. The predicted octanol–water partition coefficient (Wildman–Crippen LogP) is 2.66. The van der Waals surface area contributed by atoms with Crippen LogP contribution in [0, 0.1) is 10.1 Å². The molecule has 0 saturated carbocycles. The number of carbonyl (C=O) groups is 1. The van der Waals surface area contributed by atoms with Crippen LogP contribution in [-0.4, -0.2) is 28.6 Å². The molecule has 0 aliphatic heterocycles. The molecule has 7 nitrogen and oxygen atoms in total. The van der Waals surface area contributed by atoms with Crippen LogP contribution in [0.5, 0.6) is 5.75 Å². The molecule has 0 amide bonds. The van der Waals surface area contributed by atoms with E-state index >= 15 is 0 Å². The van der Waals surface area contributed by atoms with Gasteiger partial charge in [0.15, 0.2) is 5.75 Å². The molecule has 0 aliphatic rings. The van der Waals surface area contributed by atoms with Crippen LogP contribution in [0.15, 0.2) is 18.2 Å². The number of ether oxygens (including phenoxy) is 1. The van der Waals surface area contributed by atoms with Crippen LogP contribution in [-0.2, 0) is 4.79 Å². The second-order valence-corrected chi connectivity index (χ2v) is 4.50. The summed E-state index contributed by atoms with van der Waals surface area (Å²) in [7, 11) is 0. The Morgan fingerprint density at radius 2 is 2.20 bits per heavy atom. The van der Waals surface area contributed by atoms with Crippen molar-refractivity contribution < 1.29 is 19.6 Å². The van der Waals surface area contributed by atoms with Crippen LogP contribution in [0.4, 0.5) is 11.4 Å². The zero-order chi connectivity index (χ0) is 15.1. The van der Waals surface area contributed by atoms with E-state index in [0.29, 0.717) is 18.7 Å². The quantitative estimate of drug-likeness (QED) is 0.432. The summed E-state index contributed by atoms with van der Waals surface area (Å²) in [6.07, 6.45) is 0.237. The van der Waals surface area contributed by atoms with Crippen LogP contribution in [0.25, 0.3) is 0 Å². The molecule has 0 aromatic heterocycles. The van der Waals surface area contributed by atoms with Gasteiger partial charge in [-0.3, -0.25) is 14.9 Å². The highest BCUT2D eigenvalue weighted by atomic mass is 16.6. The van der Waals surface area contributed by atoms with Crippen molar-refractivity contribution in [2.75, 3.05) is 11.9 Å². The summed E-state index contributed by atoms with van der Waals surface area (Å²) in [5, 5.41) is 22.6. The summed E-state index contributed by atoms with van der Waals surface area (Å²) in [4.78, 5) is 21.1. The largest absolute Gasteiger partial charge is 0.484 e. The Balaban J connectivity index is 2.83. The van der Waals surface area contributed by atoms with E-state index in [-0.39, 0.29) is 24.0 Å². The SMILES string of the molecule is CC(C)Oc1cccc(NCCCC(=O)O)c1[N+](=O)[O-]. The lowest BCUT2D eigenvalue weighted by molar-refractivity contribution is -0.385. The lowest BCUT2D eigenvalue weighted by Crippen LogP contribution is -2.10. The number of aliphatic carboxylic acids is 1. The van der Waals surface area contributed by atoms with Crippen molar-refractivity contribution in [1.29, 1.82) is 0 Å². The van der Waals surface area contributed by atoms with Gasteiger partial charge in [0.2, 0.25) is 0 Å². The third kappa shape index (κ3) is 4.75. The van der Waals surface area contributed by atoms with Crippen molar-refractivity contribution in [3.63, 3.8) is 0 Å². The smallest absolute Gasteiger partial charge is 0.333 e. The first-order valence-corrected chi connectivity index (χ1v) is 6.31. The summed E-state index contributed by atoms with van der Waals surface area (Å²) in [6, 6.07) is 4.77. The molecular formula is C13H18N2O5. The van der Waals surface area contributed by atoms with Gasteiger partial charge >= 0.3 is 11.7 Å². The Morgan fingerprint density at radius 1 is 1.50 bits per heavy atom. The van der Waals surface area contributed by atoms with Gasteiger partial charge in [-0.2, -0.15) is 0 Å². The summed E-state index contributed by atoms with van der Waals surface area (Å²) in [5.41, 5.74) is 0.204. The Labute approximate surface area is 116 Å². The second kappa shape index (κ2) is 7.32. The van der Waals surface area contributed by atoms with Crippen LogP contribution < -0.4 is 10.1 Å². The monoisotopic (exact) mass is 282 g/mol. The van der Waals surface area contributed by atoms with E-state index in [2.05, 4.69) is 5.32 Å². The summed E-state index contributed by atoms with van der Waals surface area (Å²) < 4.78 is 5.42. The van der Waals surface area contributed by atoms with E-state index < -0.39 is 10.9 Å². The lowest BCUT2D eigenvalue weighted by Gasteiger charge is -2.13. The van der Waals surface area contributed by atoms with E-state index in [1.54, 1.807) is 32.0 Å². The van der Waals surface area contributed by atoms with Crippen molar-refractivity contribution in [1.82, 2.24) is 0 Å². The zero-order valence-corrected chi connectivity index (χ0v) is 11.5. The number of nitro groups is 1. The van der Waals surface area contributed by atoms with Gasteiger partial charge < -0.3 is 15.2 Å². The normalized spacial score (nSPS) is 10.3. The predicted molar refractivity (Wildman–Crippen MR) is 74.2 cm³/mol. The molecule has 0 radical (unpaired) electrons. The Morgan fingerprint density at radius 3 is 2.75 bits per heavy atom. The molecule has 7 heteroatoms. The molecule has 0 saturated heterocycles. The Hall–Kier alpha value is -2.31. The molecule has 0 bridgehead atoms. The van der Waals surface area contributed by atoms with Crippen LogP contribution in [0.2, 0.25) is 0 Å². The molecule has 0 atom stereocenters. The Kier molecular flexibility index (Phi) is 5.76. The number of carboxylic acids is 1. The highest BCUT2D eigenvalue weighted by Gasteiger charge is 2.21. The van der Waals surface area contributed by atoms with Crippen LogP contribution >= 0.6 is 0 Å². The number of para-hydroxylation sites is 1. The average Bonchev–Trinajstić information content (AvgIpc) is 2.33. The third-order valence-electron chi connectivity index (χ3n) is 2.43. The van der Waals surface area contributed by atoms with E-state index in [9.17, 15) is 14.9 Å². The minimum Gasteiger partial charge on any atom is -0.484 e. The van der Waals surface area contributed by atoms with Gasteiger partial charge in [0.25, 0.3) is 0 Å². The number of hydrogen-bond acceptors (Lipinski definition) is 5. The Bertz CT molecular complexity index is 488. The topological polar surface area (TPSA) is 102 Å². The maximum atomic E-state index is 11.2. The number of nitrogens with one attached hydrogen (secondary N) is 1. The van der Waals surface area contributed by atoms with Gasteiger partial charge in [0, 0.05) is 13.0 Å². The van der Waals surface area contributed by atoms with Gasteiger partial charge in [-0.25, -0.2) is 0 Å². The summed E-state index contributed by atoms with van der Waals surface area (Å²) in [5.74, 6) is -0.688. The molecule has 0 unspecified atom stereocenters. The number of hydrogen-bond donors (Lipinski definition) is 2. The maximum absolute atomic E-state index is 11.2. The molecule has 0 aliphatic carbocycles. The maximum Gasteiger partial charge on any atom is 0.333 e. The molecule has 2 N–H and O–H groups in total. The van der Waals surface area contributed by atoms with Gasteiger partial charge in [-0.1, -0.05) is 6.07 Å². The lowest BCUT2D eigenvalue weighted by atomic mass is 10.2. The molecule has 1 aromatic carbocycles.